The number of alkyl halides is 1. The Labute approximate surface area is 93.4 Å². The van der Waals surface area contributed by atoms with Crippen LogP contribution in [0.3, 0.4) is 0 Å². The number of halogens is 1. The van der Waals surface area contributed by atoms with Crippen LogP contribution in [0.15, 0.2) is 0 Å². The normalized spacial score (nSPS) is 54.0. The van der Waals surface area contributed by atoms with Crippen LogP contribution >= 0.6 is 11.6 Å². The maximum absolute atomic E-state index is 6.28. The Balaban J connectivity index is 2.16. The van der Waals surface area contributed by atoms with E-state index in [1.165, 1.54) is 32.1 Å². The van der Waals surface area contributed by atoms with Gasteiger partial charge in [-0.2, -0.15) is 0 Å². The van der Waals surface area contributed by atoms with Gasteiger partial charge in [0.25, 0.3) is 0 Å². The molecule has 0 radical (unpaired) electrons. The predicted octanol–water partition coefficient (Wildman–Crippen LogP) is 4.47. The maximum atomic E-state index is 6.28. The lowest BCUT2D eigenvalue weighted by atomic mass is 9.53. The predicted molar refractivity (Wildman–Crippen MR) is 62.7 cm³/mol. The number of fused-ring (bicyclic) bond motifs is 1. The van der Waals surface area contributed by atoms with E-state index in [2.05, 4.69) is 20.8 Å². The molecule has 0 nitrogen and oxygen atoms in total. The van der Waals surface area contributed by atoms with Crippen LogP contribution in [0, 0.1) is 23.2 Å². The summed E-state index contributed by atoms with van der Waals surface area (Å²) in [5.41, 5.74) is 0.600. The molecule has 0 aromatic rings. The minimum atomic E-state index is 0.466. The van der Waals surface area contributed by atoms with Crippen molar-refractivity contribution in [3.63, 3.8) is 0 Å². The van der Waals surface area contributed by atoms with Gasteiger partial charge >= 0.3 is 0 Å². The van der Waals surface area contributed by atoms with Crippen LogP contribution in [0.5, 0.6) is 0 Å². The molecule has 2 aliphatic carbocycles. The van der Waals surface area contributed by atoms with E-state index in [1.54, 1.807) is 0 Å². The zero-order valence-electron chi connectivity index (χ0n) is 9.72. The van der Waals surface area contributed by atoms with Crippen LogP contribution in [-0.4, -0.2) is 5.38 Å². The van der Waals surface area contributed by atoms with Gasteiger partial charge in [-0.05, 0) is 48.9 Å². The maximum Gasteiger partial charge on any atom is 0.0339 e. The minimum Gasteiger partial charge on any atom is -0.123 e. The van der Waals surface area contributed by atoms with Gasteiger partial charge in [0.15, 0.2) is 0 Å². The summed E-state index contributed by atoms with van der Waals surface area (Å²) < 4.78 is 0. The first-order valence-electron chi connectivity index (χ1n) is 6.18. The fourth-order valence-electron chi connectivity index (χ4n) is 3.78. The van der Waals surface area contributed by atoms with Gasteiger partial charge < -0.3 is 0 Å². The van der Waals surface area contributed by atoms with Gasteiger partial charge in [-0.3, -0.25) is 0 Å². The Bertz CT molecular complexity index is 213. The summed E-state index contributed by atoms with van der Waals surface area (Å²) >= 11 is 6.28. The van der Waals surface area contributed by atoms with E-state index in [-0.39, 0.29) is 0 Å². The summed E-state index contributed by atoms with van der Waals surface area (Å²) in [6.07, 6.45) is 6.72. The van der Waals surface area contributed by atoms with E-state index in [4.69, 9.17) is 11.6 Å². The van der Waals surface area contributed by atoms with Crippen LogP contribution in [-0.2, 0) is 0 Å². The Hall–Kier alpha value is 0.290. The fourth-order valence-corrected chi connectivity index (χ4v) is 4.10. The van der Waals surface area contributed by atoms with Crippen LogP contribution in [0.2, 0.25) is 0 Å². The average Bonchev–Trinajstić information content (AvgIpc) is 2.16. The molecule has 0 aromatic heterocycles. The second kappa shape index (κ2) is 3.70. The lowest BCUT2D eigenvalue weighted by Gasteiger charge is -2.53. The van der Waals surface area contributed by atoms with Crippen molar-refractivity contribution in [3.05, 3.63) is 0 Å². The highest BCUT2D eigenvalue weighted by atomic mass is 35.5. The van der Waals surface area contributed by atoms with Crippen LogP contribution < -0.4 is 0 Å². The van der Waals surface area contributed by atoms with E-state index in [0.717, 1.165) is 17.8 Å². The van der Waals surface area contributed by atoms with Gasteiger partial charge in [-0.25, -0.2) is 0 Å². The van der Waals surface area contributed by atoms with Crippen molar-refractivity contribution < 1.29 is 0 Å². The molecule has 1 heteroatoms. The Morgan fingerprint density at radius 1 is 1.14 bits per heavy atom. The van der Waals surface area contributed by atoms with Gasteiger partial charge in [0.2, 0.25) is 0 Å². The molecule has 0 aromatic carbocycles. The topological polar surface area (TPSA) is 0 Å². The first-order chi connectivity index (χ1) is 6.54. The van der Waals surface area contributed by atoms with Crippen LogP contribution in [0.25, 0.3) is 0 Å². The minimum absolute atomic E-state index is 0.466. The highest BCUT2D eigenvalue weighted by Gasteiger charge is 2.47. The smallest absolute Gasteiger partial charge is 0.0339 e. The van der Waals surface area contributed by atoms with Crippen molar-refractivity contribution in [2.24, 2.45) is 23.2 Å². The van der Waals surface area contributed by atoms with Gasteiger partial charge in [-0.1, -0.05) is 27.2 Å². The summed E-state index contributed by atoms with van der Waals surface area (Å²) in [5.74, 6) is 2.72. The molecule has 5 atom stereocenters. The van der Waals surface area contributed by atoms with Crippen LogP contribution in [0.4, 0.5) is 0 Å². The summed E-state index contributed by atoms with van der Waals surface area (Å²) in [5, 5.41) is 0.466. The molecular formula is C13H23Cl. The molecule has 2 saturated carbocycles. The highest BCUT2D eigenvalue weighted by molar-refractivity contribution is 6.20. The van der Waals surface area contributed by atoms with Crippen molar-refractivity contribution >= 4 is 11.6 Å². The molecule has 5 unspecified atom stereocenters. The third-order valence-electron chi connectivity index (χ3n) is 5.33. The summed E-state index contributed by atoms with van der Waals surface area (Å²) in [6.45, 7) is 7.41. The lowest BCUT2D eigenvalue weighted by Crippen LogP contribution is -2.45. The summed E-state index contributed by atoms with van der Waals surface area (Å²) in [4.78, 5) is 0. The number of hydrogen-bond donors (Lipinski definition) is 0. The molecule has 0 N–H and O–H groups in total. The molecule has 2 rings (SSSR count). The molecule has 0 amide bonds. The third kappa shape index (κ3) is 1.60. The van der Waals surface area contributed by atoms with Crippen molar-refractivity contribution in [2.75, 3.05) is 0 Å². The van der Waals surface area contributed by atoms with E-state index in [1.807, 2.05) is 0 Å². The van der Waals surface area contributed by atoms with Crippen molar-refractivity contribution in [1.82, 2.24) is 0 Å². The molecule has 0 heterocycles. The monoisotopic (exact) mass is 214 g/mol. The van der Waals surface area contributed by atoms with Crippen molar-refractivity contribution in [3.8, 4) is 0 Å². The lowest BCUT2D eigenvalue weighted by molar-refractivity contribution is -0.0187. The van der Waals surface area contributed by atoms with E-state index in [0.29, 0.717) is 10.8 Å². The Kier molecular flexibility index (Phi) is 2.85. The molecule has 0 aliphatic heterocycles. The Morgan fingerprint density at radius 2 is 1.86 bits per heavy atom. The van der Waals surface area contributed by atoms with Gasteiger partial charge in [0.1, 0.15) is 0 Å². The second-order valence-corrected chi connectivity index (χ2v) is 6.53. The highest BCUT2D eigenvalue weighted by Crippen LogP contribution is 2.55. The number of rotatable bonds is 0. The first kappa shape index (κ1) is 10.8. The second-order valence-electron chi connectivity index (χ2n) is 5.92. The molecule has 14 heavy (non-hydrogen) atoms. The fraction of sp³-hybridized carbons (Fsp3) is 1.00. The molecule has 0 saturated heterocycles. The molecule has 0 bridgehead atoms. The van der Waals surface area contributed by atoms with E-state index >= 15 is 0 Å². The molecule has 2 fully saturated rings. The van der Waals surface area contributed by atoms with Crippen LogP contribution in [0.1, 0.15) is 52.9 Å². The molecule has 82 valence electrons. The van der Waals surface area contributed by atoms with Crippen molar-refractivity contribution in [1.29, 1.82) is 0 Å². The first-order valence-corrected chi connectivity index (χ1v) is 6.61. The summed E-state index contributed by atoms with van der Waals surface area (Å²) in [6, 6.07) is 0. The standard InChI is InChI=1S/C13H23Cl/c1-9-4-5-11-8-12(14)6-7-13(11,3)10(9)2/h9-12H,4-8H2,1-3H3. The Morgan fingerprint density at radius 3 is 2.57 bits per heavy atom. The van der Waals surface area contributed by atoms with E-state index in [9.17, 15) is 0 Å². The SMILES string of the molecule is CC1CCC2CC(Cl)CCC2(C)C1C. The molecule has 2 aliphatic rings. The van der Waals surface area contributed by atoms with Gasteiger partial charge in [0, 0.05) is 5.38 Å². The third-order valence-corrected chi connectivity index (χ3v) is 5.73. The zero-order chi connectivity index (χ0) is 10.3. The van der Waals surface area contributed by atoms with Gasteiger partial charge in [-0.15, -0.1) is 11.6 Å². The average molecular weight is 215 g/mol. The van der Waals surface area contributed by atoms with E-state index < -0.39 is 0 Å². The largest absolute Gasteiger partial charge is 0.123 e. The zero-order valence-corrected chi connectivity index (χ0v) is 10.5. The molecular weight excluding hydrogens is 192 g/mol. The quantitative estimate of drug-likeness (QED) is 0.522. The van der Waals surface area contributed by atoms with Crippen molar-refractivity contribution in [2.45, 2.75) is 58.3 Å². The van der Waals surface area contributed by atoms with Gasteiger partial charge in [0.05, 0.1) is 0 Å². The summed E-state index contributed by atoms with van der Waals surface area (Å²) in [7, 11) is 0. The molecule has 0 spiro atoms. The number of hydrogen-bond acceptors (Lipinski definition) is 0.